The third kappa shape index (κ3) is 9.63. The first-order valence-corrected chi connectivity index (χ1v) is 18.0. The number of aliphatic carboxylic acids is 1. The third-order valence-corrected chi connectivity index (χ3v) is 10.2. The molecule has 1 N–H and O–H groups in total. The molecule has 1 fully saturated rings. The molecular weight excluding hydrogens is 719 g/mol. The van der Waals surface area contributed by atoms with Gasteiger partial charge in [-0.15, -0.1) is 0 Å². The van der Waals surface area contributed by atoms with Gasteiger partial charge in [0.2, 0.25) is 6.41 Å². The standard InChI is InChI=1S/C24H27F3N2O3.C18H16F2N2O/c1-23(2,22(31)32)29-13-11-21(12-14-29)28(16-30)15-17-3-5-18(6-4-17)19-7-9-20(10-8-19)24(25,26)27;1-2-22-13(9-8-12-5-3-7-15(19)17(12)20)11-16(23)14-6-4-10-21-18(14)22/h3-10,16,21H,11-15H2,1-2H3,(H,31,32);3-7,10-11H,2,8-9H2,1H3. The minimum atomic E-state index is -4.36. The number of carboxylic acids is 1. The Balaban J connectivity index is 0.000000222. The van der Waals surface area contributed by atoms with Gasteiger partial charge in [-0.1, -0.05) is 48.5 Å². The van der Waals surface area contributed by atoms with Crippen molar-refractivity contribution in [3.05, 3.63) is 135 Å². The number of carboxylic acid groups (broad SMARTS) is 1. The molecule has 0 aliphatic carbocycles. The molecule has 6 rings (SSSR count). The van der Waals surface area contributed by atoms with Crippen molar-refractivity contribution in [3.8, 4) is 11.1 Å². The van der Waals surface area contributed by atoms with Gasteiger partial charge in [-0.3, -0.25) is 19.3 Å². The van der Waals surface area contributed by atoms with Crippen molar-refractivity contribution < 1.29 is 36.6 Å². The zero-order valence-corrected chi connectivity index (χ0v) is 30.8. The number of likely N-dealkylation sites (tertiary alicyclic amines) is 1. The Morgan fingerprint density at radius 2 is 1.56 bits per heavy atom. The van der Waals surface area contributed by atoms with Gasteiger partial charge in [0, 0.05) is 50.2 Å². The molecule has 0 spiro atoms. The fourth-order valence-electron chi connectivity index (χ4n) is 6.82. The van der Waals surface area contributed by atoms with Gasteiger partial charge in [0.15, 0.2) is 17.1 Å². The summed E-state index contributed by atoms with van der Waals surface area (Å²) in [6.45, 7) is 7.60. The average Bonchev–Trinajstić information content (AvgIpc) is 3.18. The molecule has 55 heavy (non-hydrogen) atoms. The summed E-state index contributed by atoms with van der Waals surface area (Å²) in [5.41, 5.74) is 2.37. The molecular formula is C42H43F5N4O4. The SMILES string of the molecule is CC(C)(C(=O)O)N1CCC(N(C=O)Cc2ccc(-c3ccc(C(F)(F)F)cc3)cc2)CC1.CCn1c(CCc2cccc(F)c2F)cc(=O)c2cccnc21. The van der Waals surface area contributed by atoms with E-state index in [1.165, 1.54) is 18.2 Å². The molecule has 3 heterocycles. The van der Waals surface area contributed by atoms with Crippen LogP contribution in [0.5, 0.6) is 0 Å². The Morgan fingerprint density at radius 1 is 0.927 bits per heavy atom. The molecule has 2 aromatic heterocycles. The summed E-state index contributed by atoms with van der Waals surface area (Å²) in [6.07, 6.45) is 0.256. The maximum Gasteiger partial charge on any atom is 0.416 e. The zero-order valence-electron chi connectivity index (χ0n) is 30.8. The van der Waals surface area contributed by atoms with Crippen LogP contribution in [0.15, 0.2) is 95.9 Å². The van der Waals surface area contributed by atoms with Crippen LogP contribution < -0.4 is 5.43 Å². The monoisotopic (exact) mass is 762 g/mol. The van der Waals surface area contributed by atoms with Gasteiger partial charge in [0.05, 0.1) is 10.9 Å². The molecule has 0 saturated carbocycles. The Kier molecular flexibility index (Phi) is 12.9. The predicted octanol–water partition coefficient (Wildman–Crippen LogP) is 8.14. The number of nitrogens with zero attached hydrogens (tertiary/aromatic N) is 4. The number of alkyl halides is 3. The van der Waals surface area contributed by atoms with Crippen LogP contribution in [0.2, 0.25) is 0 Å². The van der Waals surface area contributed by atoms with Crippen LogP contribution in [0.4, 0.5) is 22.0 Å². The zero-order chi connectivity index (χ0) is 39.9. The summed E-state index contributed by atoms with van der Waals surface area (Å²) in [4.78, 5) is 43.3. The number of carbonyl (C=O) groups excluding carboxylic acids is 1. The number of halogens is 5. The lowest BCUT2D eigenvalue weighted by atomic mass is 9.95. The van der Waals surface area contributed by atoms with E-state index in [0.717, 1.165) is 41.4 Å². The highest BCUT2D eigenvalue weighted by atomic mass is 19.4. The molecule has 1 saturated heterocycles. The quantitative estimate of drug-likeness (QED) is 0.108. The van der Waals surface area contributed by atoms with Crippen molar-refractivity contribution in [1.29, 1.82) is 0 Å². The lowest BCUT2D eigenvalue weighted by Gasteiger charge is -2.42. The van der Waals surface area contributed by atoms with Gasteiger partial charge in [0.1, 0.15) is 11.2 Å². The Bertz CT molecular complexity index is 2160. The van der Waals surface area contributed by atoms with Crippen LogP contribution in [-0.2, 0) is 41.7 Å². The topological polar surface area (TPSA) is 95.7 Å². The predicted molar refractivity (Wildman–Crippen MR) is 200 cm³/mol. The second-order valence-electron chi connectivity index (χ2n) is 14.0. The van der Waals surface area contributed by atoms with Crippen molar-refractivity contribution in [3.63, 3.8) is 0 Å². The first-order chi connectivity index (χ1) is 26.1. The molecule has 3 aromatic carbocycles. The smallest absolute Gasteiger partial charge is 0.416 e. The van der Waals surface area contributed by atoms with E-state index in [1.54, 1.807) is 49.2 Å². The van der Waals surface area contributed by atoms with Crippen molar-refractivity contribution in [2.24, 2.45) is 0 Å². The van der Waals surface area contributed by atoms with Crippen LogP contribution in [0.1, 0.15) is 56.0 Å². The number of pyridine rings is 2. The van der Waals surface area contributed by atoms with E-state index in [1.807, 2.05) is 40.7 Å². The number of amides is 1. The fourth-order valence-corrected chi connectivity index (χ4v) is 6.82. The Hall–Kier alpha value is -5.43. The molecule has 290 valence electrons. The van der Waals surface area contributed by atoms with Crippen LogP contribution in [0.3, 0.4) is 0 Å². The number of benzene rings is 3. The summed E-state index contributed by atoms with van der Waals surface area (Å²) in [6, 6.07) is 21.6. The minimum Gasteiger partial charge on any atom is -0.480 e. The molecule has 1 aliphatic rings. The maximum absolute atomic E-state index is 13.8. The normalized spacial score (nSPS) is 14.0. The van der Waals surface area contributed by atoms with Crippen LogP contribution in [0.25, 0.3) is 22.2 Å². The van der Waals surface area contributed by atoms with Crippen molar-refractivity contribution in [1.82, 2.24) is 19.4 Å². The van der Waals surface area contributed by atoms with Gasteiger partial charge >= 0.3 is 12.1 Å². The Labute approximate surface area is 315 Å². The molecule has 0 atom stereocenters. The first kappa shape index (κ1) is 40.7. The summed E-state index contributed by atoms with van der Waals surface area (Å²) in [5.74, 6) is -2.54. The molecule has 13 heteroatoms. The number of hydrogen-bond acceptors (Lipinski definition) is 5. The summed E-state index contributed by atoms with van der Waals surface area (Å²) >= 11 is 0. The van der Waals surface area contributed by atoms with E-state index < -0.39 is 34.9 Å². The average molecular weight is 763 g/mol. The summed E-state index contributed by atoms with van der Waals surface area (Å²) in [7, 11) is 0. The van der Waals surface area contributed by atoms with E-state index in [2.05, 4.69) is 4.98 Å². The molecule has 1 amide bonds. The molecule has 5 aromatic rings. The van der Waals surface area contributed by atoms with E-state index in [4.69, 9.17) is 0 Å². The molecule has 0 unspecified atom stereocenters. The van der Waals surface area contributed by atoms with Crippen molar-refractivity contribution in [2.45, 2.75) is 77.3 Å². The van der Waals surface area contributed by atoms with E-state index in [-0.39, 0.29) is 11.5 Å². The fraction of sp³-hybridized carbons (Fsp3) is 0.333. The molecule has 8 nitrogen and oxygen atoms in total. The highest BCUT2D eigenvalue weighted by molar-refractivity contribution is 5.77. The van der Waals surface area contributed by atoms with Gasteiger partial charge in [-0.2, -0.15) is 13.2 Å². The van der Waals surface area contributed by atoms with E-state index >= 15 is 0 Å². The van der Waals surface area contributed by atoms with Gasteiger partial charge < -0.3 is 14.6 Å². The number of fused-ring (bicyclic) bond motifs is 1. The Morgan fingerprint density at radius 3 is 2.15 bits per heavy atom. The van der Waals surface area contributed by atoms with E-state index in [9.17, 15) is 41.4 Å². The lowest BCUT2D eigenvalue weighted by molar-refractivity contribution is -0.150. The summed E-state index contributed by atoms with van der Waals surface area (Å²) in [5, 5.41) is 9.97. The van der Waals surface area contributed by atoms with Gasteiger partial charge in [-0.05, 0) is 99.0 Å². The van der Waals surface area contributed by atoms with Crippen molar-refractivity contribution >= 4 is 23.4 Å². The van der Waals surface area contributed by atoms with Gasteiger partial charge in [0.25, 0.3) is 0 Å². The van der Waals surface area contributed by atoms with E-state index in [0.29, 0.717) is 74.0 Å². The number of carbonyl (C=O) groups is 2. The number of aromatic nitrogens is 2. The van der Waals surface area contributed by atoms with Gasteiger partial charge in [-0.25, -0.2) is 13.8 Å². The number of hydrogen-bond donors (Lipinski definition) is 1. The van der Waals surface area contributed by atoms with Crippen molar-refractivity contribution in [2.75, 3.05) is 13.1 Å². The number of piperidine rings is 1. The third-order valence-electron chi connectivity index (χ3n) is 10.2. The minimum absolute atomic E-state index is 0.0305. The largest absolute Gasteiger partial charge is 0.480 e. The second-order valence-corrected chi connectivity index (χ2v) is 14.0. The number of rotatable bonds is 11. The second kappa shape index (κ2) is 17.4. The first-order valence-electron chi connectivity index (χ1n) is 18.0. The number of aryl methyl sites for hydroxylation is 3. The van der Waals surface area contributed by atoms with Crippen LogP contribution in [0, 0.1) is 11.6 Å². The van der Waals surface area contributed by atoms with Crippen LogP contribution in [-0.4, -0.2) is 61.5 Å². The highest BCUT2D eigenvalue weighted by Gasteiger charge is 2.37. The van der Waals surface area contributed by atoms with Crippen LogP contribution >= 0.6 is 0 Å². The lowest BCUT2D eigenvalue weighted by Crippen LogP contribution is -2.55. The maximum atomic E-state index is 13.8. The molecule has 1 aliphatic heterocycles. The highest BCUT2D eigenvalue weighted by Crippen LogP contribution is 2.31. The summed E-state index contributed by atoms with van der Waals surface area (Å²) < 4.78 is 67.2. The molecule has 0 radical (unpaired) electrons. The molecule has 0 bridgehead atoms.